The molecule has 0 aromatic carbocycles. The highest BCUT2D eigenvalue weighted by molar-refractivity contribution is 5.59. The quantitative estimate of drug-likeness (QED) is 0.402. The van der Waals surface area contributed by atoms with Gasteiger partial charge in [0.25, 0.3) is 0 Å². The molecule has 110 valence electrons. The molecule has 0 aliphatic carbocycles. The zero-order chi connectivity index (χ0) is 14.5. The number of hydrazine groups is 1. The minimum absolute atomic E-state index is 0.0437. The minimum atomic E-state index is -0.500. The van der Waals surface area contributed by atoms with Crippen LogP contribution < -0.4 is 16.2 Å². The van der Waals surface area contributed by atoms with Gasteiger partial charge in [-0.1, -0.05) is 0 Å². The zero-order valence-electron chi connectivity index (χ0n) is 11.0. The Hall–Kier alpha value is -2.00. The van der Waals surface area contributed by atoms with Gasteiger partial charge < -0.3 is 10.0 Å². The van der Waals surface area contributed by atoms with E-state index in [-0.39, 0.29) is 30.1 Å². The molecule has 0 bridgehead atoms. The molecule has 0 spiro atoms. The summed E-state index contributed by atoms with van der Waals surface area (Å²) in [6, 6.07) is 0.0491. The van der Waals surface area contributed by atoms with E-state index in [4.69, 9.17) is 10.9 Å². The molecule has 9 nitrogen and oxygen atoms in total. The Morgan fingerprint density at radius 2 is 2.40 bits per heavy atom. The molecule has 4 N–H and O–H groups in total. The molecule has 1 aliphatic heterocycles. The zero-order valence-corrected chi connectivity index (χ0v) is 11.0. The molecule has 1 fully saturated rings. The first kappa shape index (κ1) is 14.4. The molecule has 1 aliphatic rings. The molecule has 2 heterocycles. The van der Waals surface area contributed by atoms with Gasteiger partial charge in [-0.25, -0.2) is 10.8 Å². The summed E-state index contributed by atoms with van der Waals surface area (Å²) >= 11 is 0. The standard InChI is InChI=1S/C11H18N6O3/c12-15-11-13-7-9(17(19)20)10(14-11)16-5-2-1-3-8(16)4-6-18/h7-8,18H,1-6,12H2,(H,13,14,15). The average molecular weight is 282 g/mol. The monoisotopic (exact) mass is 282 g/mol. The number of nitrogens with one attached hydrogen (secondary N) is 1. The number of hydrogen-bond acceptors (Lipinski definition) is 8. The summed E-state index contributed by atoms with van der Waals surface area (Å²) in [6.07, 6.45) is 4.58. The van der Waals surface area contributed by atoms with Gasteiger partial charge in [-0.05, 0) is 25.7 Å². The van der Waals surface area contributed by atoms with Crippen LogP contribution in [0.5, 0.6) is 0 Å². The number of aliphatic hydroxyl groups excluding tert-OH is 1. The van der Waals surface area contributed by atoms with Crippen LogP contribution in [0.3, 0.4) is 0 Å². The number of nitrogen functional groups attached to an aromatic ring is 1. The lowest BCUT2D eigenvalue weighted by Crippen LogP contribution is -2.41. The number of piperidine rings is 1. The van der Waals surface area contributed by atoms with Gasteiger partial charge in [-0.15, -0.1) is 0 Å². The van der Waals surface area contributed by atoms with Crippen molar-refractivity contribution >= 4 is 17.5 Å². The SMILES string of the molecule is NNc1ncc([N+](=O)[O-])c(N2CCCCC2CCO)n1. The number of nitro groups is 1. The van der Waals surface area contributed by atoms with Crippen LogP contribution in [0.1, 0.15) is 25.7 Å². The van der Waals surface area contributed by atoms with Gasteiger partial charge in [-0.3, -0.25) is 15.5 Å². The number of nitrogens with zero attached hydrogens (tertiary/aromatic N) is 4. The highest BCUT2D eigenvalue weighted by Gasteiger charge is 2.29. The van der Waals surface area contributed by atoms with Crippen LogP contribution in [0.25, 0.3) is 0 Å². The maximum atomic E-state index is 11.1. The lowest BCUT2D eigenvalue weighted by Gasteiger charge is -2.36. The summed E-state index contributed by atoms with van der Waals surface area (Å²) in [4.78, 5) is 20.4. The molecular weight excluding hydrogens is 264 g/mol. The van der Waals surface area contributed by atoms with Crippen LogP contribution >= 0.6 is 0 Å². The number of aromatic nitrogens is 2. The molecule has 1 saturated heterocycles. The summed E-state index contributed by atoms with van der Waals surface area (Å²) in [5, 5.41) is 20.3. The van der Waals surface area contributed by atoms with E-state index < -0.39 is 4.92 Å². The number of aliphatic hydroxyl groups is 1. The fraction of sp³-hybridized carbons (Fsp3) is 0.636. The molecular formula is C11H18N6O3. The molecule has 1 aromatic heterocycles. The van der Waals surface area contributed by atoms with Crippen molar-refractivity contribution in [1.29, 1.82) is 0 Å². The van der Waals surface area contributed by atoms with E-state index in [1.807, 2.05) is 4.90 Å². The Labute approximate surface area is 115 Å². The molecule has 0 saturated carbocycles. The van der Waals surface area contributed by atoms with Crippen LogP contribution in [0.4, 0.5) is 17.5 Å². The van der Waals surface area contributed by atoms with Gasteiger partial charge in [0, 0.05) is 19.2 Å². The van der Waals surface area contributed by atoms with Crippen LogP contribution in [0.2, 0.25) is 0 Å². The molecule has 9 heteroatoms. The first-order chi connectivity index (χ1) is 9.67. The molecule has 0 radical (unpaired) electrons. The summed E-state index contributed by atoms with van der Waals surface area (Å²) in [7, 11) is 0. The normalized spacial score (nSPS) is 18.9. The largest absolute Gasteiger partial charge is 0.396 e. The third kappa shape index (κ3) is 2.94. The molecule has 1 unspecified atom stereocenters. The topological polar surface area (TPSA) is 130 Å². The fourth-order valence-electron chi connectivity index (χ4n) is 2.50. The lowest BCUT2D eigenvalue weighted by molar-refractivity contribution is -0.384. The fourth-order valence-corrected chi connectivity index (χ4v) is 2.50. The predicted molar refractivity (Wildman–Crippen MR) is 73.2 cm³/mol. The van der Waals surface area contributed by atoms with Gasteiger partial charge in [0.15, 0.2) is 0 Å². The second kappa shape index (κ2) is 6.44. The first-order valence-corrected chi connectivity index (χ1v) is 6.53. The molecule has 20 heavy (non-hydrogen) atoms. The smallest absolute Gasteiger partial charge is 0.329 e. The van der Waals surface area contributed by atoms with E-state index >= 15 is 0 Å². The highest BCUT2D eigenvalue weighted by Crippen LogP contribution is 2.32. The number of rotatable bonds is 5. The number of nitrogens with two attached hydrogens (primary N) is 1. The Bertz CT molecular complexity index is 481. The molecule has 1 atom stereocenters. The van der Waals surface area contributed by atoms with Crippen molar-refractivity contribution in [3.05, 3.63) is 16.3 Å². The van der Waals surface area contributed by atoms with Crippen molar-refractivity contribution in [3.8, 4) is 0 Å². The van der Waals surface area contributed by atoms with Gasteiger partial charge in [-0.2, -0.15) is 4.98 Å². The molecule has 2 rings (SSSR count). The van der Waals surface area contributed by atoms with Gasteiger partial charge in [0.1, 0.15) is 6.20 Å². The first-order valence-electron chi connectivity index (χ1n) is 6.53. The lowest BCUT2D eigenvalue weighted by atomic mass is 9.99. The average Bonchev–Trinajstić information content (AvgIpc) is 2.47. The van der Waals surface area contributed by atoms with Gasteiger partial charge >= 0.3 is 5.69 Å². The van der Waals surface area contributed by atoms with Crippen molar-refractivity contribution in [3.63, 3.8) is 0 Å². The van der Waals surface area contributed by atoms with Crippen LogP contribution in [0.15, 0.2) is 6.20 Å². The van der Waals surface area contributed by atoms with Gasteiger partial charge in [0.2, 0.25) is 11.8 Å². The Morgan fingerprint density at radius 3 is 3.05 bits per heavy atom. The third-order valence-corrected chi connectivity index (χ3v) is 3.44. The van der Waals surface area contributed by atoms with Gasteiger partial charge in [0.05, 0.1) is 4.92 Å². The van der Waals surface area contributed by atoms with Crippen molar-refractivity contribution in [2.24, 2.45) is 5.84 Å². The second-order valence-electron chi connectivity index (χ2n) is 4.66. The summed E-state index contributed by atoms with van der Waals surface area (Å²) < 4.78 is 0. The van der Waals surface area contributed by atoms with Crippen LogP contribution in [-0.4, -0.2) is 39.2 Å². The highest BCUT2D eigenvalue weighted by atomic mass is 16.6. The Balaban J connectivity index is 2.39. The van der Waals surface area contributed by atoms with E-state index in [1.54, 1.807) is 0 Å². The predicted octanol–water partition coefficient (Wildman–Crippen LogP) is 0.412. The van der Waals surface area contributed by atoms with E-state index in [1.165, 1.54) is 0 Å². The Morgan fingerprint density at radius 1 is 1.60 bits per heavy atom. The van der Waals surface area contributed by atoms with E-state index in [2.05, 4.69) is 15.4 Å². The van der Waals surface area contributed by atoms with Crippen molar-refractivity contribution in [1.82, 2.24) is 9.97 Å². The molecule has 1 aromatic rings. The van der Waals surface area contributed by atoms with E-state index in [9.17, 15) is 10.1 Å². The molecule has 0 amide bonds. The van der Waals surface area contributed by atoms with Crippen molar-refractivity contribution in [2.75, 3.05) is 23.5 Å². The number of anilines is 2. The number of hydrogen-bond donors (Lipinski definition) is 3. The minimum Gasteiger partial charge on any atom is -0.396 e. The summed E-state index contributed by atoms with van der Waals surface area (Å²) in [5.74, 6) is 5.66. The van der Waals surface area contributed by atoms with Crippen LogP contribution in [-0.2, 0) is 0 Å². The van der Waals surface area contributed by atoms with Crippen molar-refractivity contribution < 1.29 is 10.0 Å². The third-order valence-electron chi connectivity index (χ3n) is 3.44. The van der Waals surface area contributed by atoms with Crippen molar-refractivity contribution in [2.45, 2.75) is 31.7 Å². The van der Waals surface area contributed by atoms with Crippen LogP contribution in [0, 0.1) is 10.1 Å². The summed E-state index contributed by atoms with van der Waals surface area (Å²) in [6.45, 7) is 0.717. The maximum absolute atomic E-state index is 11.1. The summed E-state index contributed by atoms with van der Waals surface area (Å²) in [5.41, 5.74) is 2.15. The maximum Gasteiger partial charge on any atom is 0.329 e. The van der Waals surface area contributed by atoms with E-state index in [0.29, 0.717) is 13.0 Å². The Kier molecular flexibility index (Phi) is 4.64. The van der Waals surface area contributed by atoms with E-state index in [0.717, 1.165) is 25.5 Å². The second-order valence-corrected chi connectivity index (χ2v) is 4.66.